The highest BCUT2D eigenvalue weighted by Crippen LogP contribution is 2.19. The Morgan fingerprint density at radius 1 is 1.65 bits per heavy atom. The summed E-state index contributed by atoms with van der Waals surface area (Å²) in [5.74, 6) is -0.361. The smallest absolute Gasteiger partial charge is 0.313 e. The molecule has 0 fully saturated rings. The number of carboxylic acids is 1. The van der Waals surface area contributed by atoms with E-state index in [4.69, 9.17) is 5.11 Å². The van der Waals surface area contributed by atoms with E-state index < -0.39 is 5.97 Å². The van der Waals surface area contributed by atoms with E-state index in [2.05, 4.69) is 20.3 Å². The molecule has 2 aromatic rings. The molecule has 8 heteroatoms. The van der Waals surface area contributed by atoms with Crippen LogP contribution in [0.3, 0.4) is 0 Å². The third-order valence-electron chi connectivity index (χ3n) is 2.03. The zero-order chi connectivity index (χ0) is 12.4. The molecule has 0 radical (unpaired) electrons. The van der Waals surface area contributed by atoms with Gasteiger partial charge in [0.1, 0.15) is 5.69 Å². The predicted octanol–water partition coefficient (Wildman–Crippen LogP) is 0.690. The molecular formula is C9H11N5O2S. The second-order valence-corrected chi connectivity index (χ2v) is 4.39. The predicted molar refractivity (Wildman–Crippen MR) is 61.7 cm³/mol. The Hall–Kier alpha value is -1.83. The van der Waals surface area contributed by atoms with Crippen LogP contribution in [0.2, 0.25) is 0 Å². The summed E-state index contributed by atoms with van der Waals surface area (Å²) in [6, 6.07) is 1.88. The molecule has 0 unspecified atom stereocenters. The number of hydrogen-bond donors (Lipinski definition) is 2. The second-order valence-electron chi connectivity index (χ2n) is 3.44. The van der Waals surface area contributed by atoms with Crippen LogP contribution in [-0.4, -0.2) is 41.8 Å². The molecule has 0 aliphatic carbocycles. The molecule has 2 N–H and O–H groups in total. The lowest BCUT2D eigenvalue weighted by Crippen LogP contribution is -1.98. The van der Waals surface area contributed by atoms with Gasteiger partial charge in [-0.15, -0.1) is 5.10 Å². The third kappa shape index (κ3) is 2.64. The molecule has 7 nitrogen and oxygen atoms in total. The number of aromatic nitrogens is 5. The van der Waals surface area contributed by atoms with Crippen molar-refractivity contribution in [2.24, 2.45) is 7.05 Å². The van der Waals surface area contributed by atoms with E-state index in [0.29, 0.717) is 11.0 Å². The minimum Gasteiger partial charge on any atom is -0.481 e. The molecule has 0 spiro atoms. The van der Waals surface area contributed by atoms with Gasteiger partial charge in [-0.2, -0.15) is 10.1 Å². The van der Waals surface area contributed by atoms with Crippen LogP contribution in [0.5, 0.6) is 0 Å². The van der Waals surface area contributed by atoms with Crippen molar-refractivity contribution >= 4 is 17.7 Å². The highest BCUT2D eigenvalue weighted by Gasteiger charge is 2.11. The molecule has 2 heterocycles. The molecule has 17 heavy (non-hydrogen) atoms. The molecule has 2 rings (SSSR count). The van der Waals surface area contributed by atoms with Crippen molar-refractivity contribution in [3.05, 3.63) is 11.8 Å². The van der Waals surface area contributed by atoms with E-state index in [1.165, 1.54) is 0 Å². The summed E-state index contributed by atoms with van der Waals surface area (Å²) < 4.78 is 1.70. The summed E-state index contributed by atoms with van der Waals surface area (Å²) in [6.45, 7) is 1.89. The van der Waals surface area contributed by atoms with Gasteiger partial charge in [0, 0.05) is 7.05 Å². The fourth-order valence-electron chi connectivity index (χ4n) is 1.38. The number of carboxylic acid groups (broad SMARTS) is 1. The van der Waals surface area contributed by atoms with Gasteiger partial charge in [-0.05, 0) is 13.0 Å². The van der Waals surface area contributed by atoms with Crippen molar-refractivity contribution in [1.29, 1.82) is 0 Å². The normalized spacial score (nSPS) is 10.7. The monoisotopic (exact) mass is 253 g/mol. The van der Waals surface area contributed by atoms with Crippen LogP contribution in [0.1, 0.15) is 5.69 Å². The standard InChI is InChI=1S/C9H11N5O2S/c1-5-3-6(14(2)13-5)8-10-9(12-11-8)17-4-7(15)16/h3H,4H2,1-2H3,(H,15,16)(H,10,11,12). The first kappa shape index (κ1) is 11.6. The average Bonchev–Trinajstić information content (AvgIpc) is 2.82. The summed E-state index contributed by atoms with van der Waals surface area (Å²) in [4.78, 5) is 14.6. The largest absolute Gasteiger partial charge is 0.481 e. The van der Waals surface area contributed by atoms with E-state index in [0.717, 1.165) is 23.1 Å². The number of thioether (sulfide) groups is 1. The first-order valence-corrected chi connectivity index (χ1v) is 5.83. The van der Waals surface area contributed by atoms with Crippen LogP contribution in [0.25, 0.3) is 11.5 Å². The van der Waals surface area contributed by atoms with Crippen molar-refractivity contribution in [2.75, 3.05) is 5.75 Å². The maximum Gasteiger partial charge on any atom is 0.313 e. The minimum atomic E-state index is -0.891. The molecule has 0 aliphatic heterocycles. The fourth-order valence-corrected chi connectivity index (χ4v) is 1.90. The third-order valence-corrected chi connectivity index (χ3v) is 2.87. The number of nitrogens with zero attached hydrogens (tertiary/aromatic N) is 4. The molecule has 0 aliphatic rings. The molecular weight excluding hydrogens is 242 g/mol. The van der Waals surface area contributed by atoms with Crippen LogP contribution in [0.15, 0.2) is 11.2 Å². The summed E-state index contributed by atoms with van der Waals surface area (Å²) in [5, 5.41) is 19.9. The van der Waals surface area contributed by atoms with Crippen molar-refractivity contribution in [3.63, 3.8) is 0 Å². The Bertz CT molecular complexity index is 547. The lowest BCUT2D eigenvalue weighted by atomic mass is 10.3. The second kappa shape index (κ2) is 4.58. The number of H-pyrrole nitrogens is 1. The lowest BCUT2D eigenvalue weighted by molar-refractivity contribution is -0.133. The van der Waals surface area contributed by atoms with Gasteiger partial charge in [0.2, 0.25) is 5.16 Å². The molecule has 2 aromatic heterocycles. The molecule has 0 saturated heterocycles. The van der Waals surface area contributed by atoms with Gasteiger partial charge in [0.15, 0.2) is 5.82 Å². The van der Waals surface area contributed by atoms with E-state index in [9.17, 15) is 4.79 Å². The Labute approximate surface area is 101 Å². The summed E-state index contributed by atoms with van der Waals surface area (Å²) >= 11 is 1.07. The maximum absolute atomic E-state index is 10.4. The number of aliphatic carboxylic acids is 1. The van der Waals surface area contributed by atoms with Crippen LogP contribution < -0.4 is 0 Å². The van der Waals surface area contributed by atoms with Crippen molar-refractivity contribution < 1.29 is 9.90 Å². The van der Waals surface area contributed by atoms with Crippen molar-refractivity contribution in [2.45, 2.75) is 12.1 Å². The van der Waals surface area contributed by atoms with Gasteiger partial charge in [-0.1, -0.05) is 11.8 Å². The number of rotatable bonds is 4. The number of carbonyl (C=O) groups is 1. The first-order valence-electron chi connectivity index (χ1n) is 4.84. The van der Waals surface area contributed by atoms with Gasteiger partial charge in [-0.25, -0.2) is 0 Å². The number of aryl methyl sites for hydroxylation is 2. The average molecular weight is 253 g/mol. The van der Waals surface area contributed by atoms with Gasteiger partial charge in [0.25, 0.3) is 0 Å². The summed E-state index contributed by atoms with van der Waals surface area (Å²) in [7, 11) is 1.81. The summed E-state index contributed by atoms with van der Waals surface area (Å²) in [5.41, 5.74) is 1.70. The van der Waals surface area contributed by atoms with Gasteiger partial charge in [-0.3, -0.25) is 14.6 Å². The maximum atomic E-state index is 10.4. The Morgan fingerprint density at radius 2 is 2.41 bits per heavy atom. The molecule has 90 valence electrons. The highest BCUT2D eigenvalue weighted by molar-refractivity contribution is 7.99. The SMILES string of the molecule is Cc1cc(-c2nc(SCC(=O)O)n[nH]2)n(C)n1. The van der Waals surface area contributed by atoms with Crippen molar-refractivity contribution in [3.8, 4) is 11.5 Å². The van der Waals surface area contributed by atoms with Crippen LogP contribution in [-0.2, 0) is 11.8 Å². The van der Waals surface area contributed by atoms with Gasteiger partial charge >= 0.3 is 5.97 Å². The summed E-state index contributed by atoms with van der Waals surface area (Å²) in [6.07, 6.45) is 0. The molecule has 0 atom stereocenters. The first-order chi connectivity index (χ1) is 8.06. The number of hydrogen-bond acceptors (Lipinski definition) is 5. The zero-order valence-corrected chi connectivity index (χ0v) is 10.2. The fraction of sp³-hybridized carbons (Fsp3) is 0.333. The van der Waals surface area contributed by atoms with Crippen LogP contribution >= 0.6 is 11.8 Å². The topological polar surface area (TPSA) is 96.7 Å². The number of aromatic amines is 1. The quantitative estimate of drug-likeness (QED) is 0.778. The van der Waals surface area contributed by atoms with E-state index in [-0.39, 0.29) is 5.75 Å². The minimum absolute atomic E-state index is 0.0539. The van der Waals surface area contributed by atoms with Gasteiger partial charge in [0.05, 0.1) is 11.4 Å². The van der Waals surface area contributed by atoms with Crippen LogP contribution in [0, 0.1) is 6.92 Å². The molecule has 0 aromatic carbocycles. The Kier molecular flexibility index (Phi) is 3.14. The van der Waals surface area contributed by atoms with E-state index in [1.807, 2.05) is 20.0 Å². The van der Waals surface area contributed by atoms with E-state index in [1.54, 1.807) is 4.68 Å². The lowest BCUT2D eigenvalue weighted by Gasteiger charge is -1.94. The molecule has 0 bridgehead atoms. The Morgan fingerprint density at radius 3 is 3.00 bits per heavy atom. The highest BCUT2D eigenvalue weighted by atomic mass is 32.2. The molecule has 0 amide bonds. The zero-order valence-electron chi connectivity index (χ0n) is 9.34. The van der Waals surface area contributed by atoms with Crippen LogP contribution in [0.4, 0.5) is 0 Å². The van der Waals surface area contributed by atoms with Crippen molar-refractivity contribution in [1.82, 2.24) is 25.0 Å². The number of nitrogens with one attached hydrogen (secondary N) is 1. The van der Waals surface area contributed by atoms with E-state index >= 15 is 0 Å². The van der Waals surface area contributed by atoms with Gasteiger partial charge < -0.3 is 5.11 Å². The Balaban J connectivity index is 2.18. The molecule has 0 saturated carbocycles.